The van der Waals surface area contributed by atoms with E-state index in [2.05, 4.69) is 25.9 Å². The van der Waals surface area contributed by atoms with Crippen molar-refractivity contribution in [1.29, 1.82) is 0 Å². The van der Waals surface area contributed by atoms with E-state index in [-0.39, 0.29) is 30.6 Å². The maximum Gasteiger partial charge on any atom is 0.326 e. The van der Waals surface area contributed by atoms with Crippen molar-refractivity contribution in [2.24, 2.45) is 11.7 Å². The molecule has 9 N–H and O–H groups in total. The summed E-state index contributed by atoms with van der Waals surface area (Å²) in [5.74, 6) is -1.70. The van der Waals surface area contributed by atoms with Crippen molar-refractivity contribution >= 4 is 29.5 Å². The maximum absolute atomic E-state index is 12.3. The Morgan fingerprint density at radius 2 is 1.94 bits per heavy atom. The molecule has 2 heterocycles. The molecular weight excluding hydrogens is 430 g/mol. The Morgan fingerprint density at radius 3 is 2.61 bits per heavy atom. The van der Waals surface area contributed by atoms with Gasteiger partial charge in [0, 0.05) is 31.6 Å². The van der Waals surface area contributed by atoms with Crippen LogP contribution in [-0.4, -0.2) is 57.1 Å². The predicted octanol–water partition coefficient (Wildman–Crippen LogP) is -0.413. The highest BCUT2D eigenvalue weighted by Gasteiger charge is 2.24. The molecule has 0 bridgehead atoms. The first-order valence-electron chi connectivity index (χ1n) is 10.4. The molecule has 2 amide bonds. The van der Waals surface area contributed by atoms with E-state index >= 15 is 0 Å². The van der Waals surface area contributed by atoms with Gasteiger partial charge in [-0.3, -0.25) is 9.59 Å². The van der Waals surface area contributed by atoms with Gasteiger partial charge in [-0.1, -0.05) is 12.1 Å². The fourth-order valence-electron chi connectivity index (χ4n) is 3.55. The number of anilines is 2. The molecule has 2 atom stereocenters. The molecule has 0 saturated carbocycles. The first-order valence-corrected chi connectivity index (χ1v) is 10.4. The smallest absolute Gasteiger partial charge is 0.326 e. The molecule has 0 fully saturated rings. The summed E-state index contributed by atoms with van der Waals surface area (Å²) in [6.07, 6.45) is 0.405. The summed E-state index contributed by atoms with van der Waals surface area (Å²) in [4.78, 5) is 42.4. The zero-order chi connectivity index (χ0) is 24.0. The van der Waals surface area contributed by atoms with E-state index in [0.29, 0.717) is 43.0 Å². The molecular formula is C21H27N7O5. The molecule has 1 aliphatic heterocycles. The van der Waals surface area contributed by atoms with Gasteiger partial charge in [-0.05, 0) is 36.5 Å². The maximum atomic E-state index is 12.3. The first kappa shape index (κ1) is 23.7. The first-order chi connectivity index (χ1) is 15.7. The molecule has 0 saturated heterocycles. The summed E-state index contributed by atoms with van der Waals surface area (Å²) in [5.41, 5.74) is 12.5. The highest BCUT2D eigenvalue weighted by atomic mass is 16.4. The molecule has 1 aromatic carbocycles. The third kappa shape index (κ3) is 6.53. The van der Waals surface area contributed by atoms with Crippen LogP contribution in [0.25, 0.3) is 0 Å². The number of aliphatic carboxylic acids is 1. The van der Waals surface area contributed by atoms with Crippen molar-refractivity contribution in [3.63, 3.8) is 0 Å². The summed E-state index contributed by atoms with van der Waals surface area (Å²) in [6, 6.07) is 5.58. The quantitative estimate of drug-likeness (QED) is 0.245. The summed E-state index contributed by atoms with van der Waals surface area (Å²) < 4.78 is 0. The average molecular weight is 457 g/mol. The van der Waals surface area contributed by atoms with Crippen LogP contribution >= 0.6 is 0 Å². The number of benzene rings is 1. The van der Waals surface area contributed by atoms with Gasteiger partial charge in [0.15, 0.2) is 0 Å². The van der Waals surface area contributed by atoms with Gasteiger partial charge in [-0.15, -0.1) is 0 Å². The van der Waals surface area contributed by atoms with Gasteiger partial charge in [-0.25, -0.2) is 4.79 Å². The van der Waals surface area contributed by atoms with Crippen molar-refractivity contribution in [2.75, 3.05) is 24.1 Å². The number of hydrogen-bond donors (Lipinski definition) is 7. The van der Waals surface area contributed by atoms with Crippen LogP contribution in [0.4, 0.5) is 11.8 Å². The molecule has 1 aliphatic rings. The van der Waals surface area contributed by atoms with Crippen LogP contribution in [0.5, 0.6) is 5.88 Å². The zero-order valence-corrected chi connectivity index (χ0v) is 17.9. The third-order valence-electron chi connectivity index (χ3n) is 5.31. The van der Waals surface area contributed by atoms with Crippen molar-refractivity contribution in [3.05, 3.63) is 41.0 Å². The molecule has 3 rings (SSSR count). The molecule has 0 spiro atoms. The van der Waals surface area contributed by atoms with Gasteiger partial charge in [-0.2, -0.15) is 9.97 Å². The number of rotatable bonds is 10. The number of nitrogens with two attached hydrogens (primary N) is 2. The van der Waals surface area contributed by atoms with Crippen LogP contribution in [-0.2, 0) is 22.6 Å². The van der Waals surface area contributed by atoms with Crippen LogP contribution in [0, 0.1) is 5.92 Å². The van der Waals surface area contributed by atoms with Crippen LogP contribution in [0.3, 0.4) is 0 Å². The second-order valence-electron chi connectivity index (χ2n) is 7.88. The van der Waals surface area contributed by atoms with E-state index < -0.39 is 23.8 Å². The van der Waals surface area contributed by atoms with Gasteiger partial charge < -0.3 is 37.6 Å². The average Bonchev–Trinajstić information content (AvgIpc) is 2.77. The highest BCUT2D eigenvalue weighted by molar-refractivity contribution is 5.96. The normalized spacial score (nSPS) is 15.7. The van der Waals surface area contributed by atoms with Gasteiger partial charge in [0.05, 0.1) is 5.56 Å². The Kier molecular flexibility index (Phi) is 7.61. The second-order valence-corrected chi connectivity index (χ2v) is 7.88. The van der Waals surface area contributed by atoms with E-state index in [1.807, 2.05) is 0 Å². The van der Waals surface area contributed by atoms with Crippen LogP contribution in [0.2, 0.25) is 0 Å². The number of amides is 2. The molecule has 12 nitrogen and oxygen atoms in total. The number of nitrogens with zero attached hydrogens (tertiary/aromatic N) is 2. The van der Waals surface area contributed by atoms with Gasteiger partial charge in [0.25, 0.3) is 5.91 Å². The van der Waals surface area contributed by atoms with Crippen LogP contribution in [0.1, 0.15) is 34.3 Å². The number of aromatic nitrogens is 2. The Labute approximate surface area is 189 Å². The Bertz CT molecular complexity index is 1030. The standard InChI is InChI=1S/C21H27N7O5/c22-16(29)6-5-15(20(32)33)26-18(30)13-3-1-11(2-4-13)8-24-9-12-7-14-17(25-10-12)27-21(23)28-19(14)31/h1-4,12,15,24H,5-10H2,(H2,22,29)(H,26,30)(H,32,33)(H4,23,25,27,28,31)/t12-,15+/m0/s1. The van der Waals surface area contributed by atoms with Crippen molar-refractivity contribution in [3.8, 4) is 5.88 Å². The number of aromatic hydroxyl groups is 1. The second kappa shape index (κ2) is 10.6. The summed E-state index contributed by atoms with van der Waals surface area (Å²) >= 11 is 0. The van der Waals surface area contributed by atoms with Gasteiger partial charge in [0.2, 0.25) is 17.7 Å². The van der Waals surface area contributed by atoms with E-state index in [1.165, 1.54) is 0 Å². The van der Waals surface area contributed by atoms with Crippen LogP contribution < -0.4 is 27.4 Å². The Balaban J connectivity index is 1.48. The lowest BCUT2D eigenvalue weighted by Gasteiger charge is -2.25. The Morgan fingerprint density at radius 1 is 1.21 bits per heavy atom. The number of primary amides is 1. The summed E-state index contributed by atoms with van der Waals surface area (Å²) in [6.45, 7) is 1.92. The molecule has 12 heteroatoms. The minimum atomic E-state index is -1.23. The summed E-state index contributed by atoms with van der Waals surface area (Å²) in [7, 11) is 0. The van der Waals surface area contributed by atoms with Crippen molar-refractivity contribution in [1.82, 2.24) is 20.6 Å². The van der Waals surface area contributed by atoms with E-state index in [9.17, 15) is 24.6 Å². The van der Waals surface area contributed by atoms with E-state index in [0.717, 1.165) is 5.56 Å². The Hall–Kier alpha value is -3.93. The molecule has 0 aliphatic carbocycles. The molecule has 0 radical (unpaired) electrons. The lowest BCUT2D eigenvalue weighted by Crippen LogP contribution is -2.41. The van der Waals surface area contributed by atoms with E-state index in [4.69, 9.17) is 11.5 Å². The molecule has 1 aromatic heterocycles. The van der Waals surface area contributed by atoms with Crippen LogP contribution in [0.15, 0.2) is 24.3 Å². The third-order valence-corrected chi connectivity index (χ3v) is 5.31. The largest absolute Gasteiger partial charge is 0.493 e. The number of carboxylic acid groups (broad SMARTS) is 1. The number of carbonyl (C=O) groups is 3. The number of carboxylic acids is 1. The number of carbonyl (C=O) groups excluding carboxylic acids is 2. The highest BCUT2D eigenvalue weighted by Crippen LogP contribution is 2.29. The summed E-state index contributed by atoms with van der Waals surface area (Å²) in [5, 5.41) is 28.1. The SMILES string of the molecule is NC(=O)CC[C@@H](NC(=O)c1ccc(CNC[C@H]2CNc3nc(N)nc(O)c3C2)cc1)C(=O)O. The van der Waals surface area contributed by atoms with Gasteiger partial charge in [0.1, 0.15) is 11.9 Å². The number of hydrogen-bond acceptors (Lipinski definition) is 9. The number of nitrogens with one attached hydrogen (secondary N) is 3. The lowest BCUT2D eigenvalue weighted by molar-refractivity contribution is -0.139. The fraction of sp³-hybridized carbons (Fsp3) is 0.381. The van der Waals surface area contributed by atoms with Crippen molar-refractivity contribution < 1.29 is 24.6 Å². The zero-order valence-electron chi connectivity index (χ0n) is 17.9. The molecule has 0 unspecified atom stereocenters. The topological polar surface area (TPSA) is 206 Å². The fourth-order valence-corrected chi connectivity index (χ4v) is 3.55. The minimum Gasteiger partial charge on any atom is -0.493 e. The van der Waals surface area contributed by atoms with Crippen molar-refractivity contribution in [2.45, 2.75) is 31.8 Å². The van der Waals surface area contributed by atoms with E-state index in [1.54, 1.807) is 24.3 Å². The minimum absolute atomic E-state index is 0.0246. The molecule has 2 aromatic rings. The lowest BCUT2D eigenvalue weighted by atomic mass is 9.96. The number of nitrogen functional groups attached to an aromatic ring is 1. The predicted molar refractivity (Wildman–Crippen MR) is 119 cm³/mol. The molecule has 176 valence electrons. The van der Waals surface area contributed by atoms with Gasteiger partial charge >= 0.3 is 5.97 Å². The monoisotopic (exact) mass is 457 g/mol. The number of fused-ring (bicyclic) bond motifs is 1. The molecule has 33 heavy (non-hydrogen) atoms.